The molecule has 34 heavy (non-hydrogen) atoms. The topological polar surface area (TPSA) is 137 Å². The maximum Gasteiger partial charge on any atom is 0.245 e. The van der Waals surface area contributed by atoms with Crippen LogP contribution in [-0.2, 0) is 32.0 Å². The van der Waals surface area contributed by atoms with Crippen LogP contribution in [0.15, 0.2) is 12.1 Å². The van der Waals surface area contributed by atoms with Crippen molar-refractivity contribution < 1.29 is 34.1 Å². The molecule has 1 aromatic carbocycles. The average molecular weight is 477 g/mol. The monoisotopic (exact) mass is 476 g/mol. The van der Waals surface area contributed by atoms with E-state index in [1.165, 1.54) is 0 Å². The van der Waals surface area contributed by atoms with Gasteiger partial charge in [0.15, 0.2) is 11.4 Å². The largest absolute Gasteiger partial charge is 0.496 e. The Morgan fingerprint density at radius 2 is 1.88 bits per heavy atom. The number of fused-ring (bicyclic) bond motifs is 1. The van der Waals surface area contributed by atoms with Crippen molar-refractivity contribution in [1.82, 2.24) is 10.6 Å². The number of rotatable bonds is 11. The second-order valence-corrected chi connectivity index (χ2v) is 9.77. The number of ether oxygens (including phenoxy) is 2. The van der Waals surface area contributed by atoms with E-state index in [-0.39, 0.29) is 24.3 Å². The molecule has 2 amide bonds. The number of benzene rings is 1. The van der Waals surface area contributed by atoms with Gasteiger partial charge in [-0.3, -0.25) is 14.4 Å². The molecule has 0 bridgehead atoms. The molecule has 0 saturated carbocycles. The Bertz CT molecular complexity index is 926. The molecule has 2 aliphatic rings. The van der Waals surface area contributed by atoms with Crippen LogP contribution in [0.2, 0.25) is 0 Å². The summed E-state index contributed by atoms with van der Waals surface area (Å²) in [6, 6.07) is 1.98. The summed E-state index contributed by atoms with van der Waals surface area (Å²) in [6.07, 6.45) is 2.23. The third-order valence-corrected chi connectivity index (χ3v) is 6.67. The van der Waals surface area contributed by atoms with Crippen molar-refractivity contribution >= 4 is 17.6 Å². The van der Waals surface area contributed by atoms with Crippen molar-refractivity contribution in [2.24, 2.45) is 11.8 Å². The number of carbonyl (C=O) groups is 3. The molecular formula is C25H36N2O7. The van der Waals surface area contributed by atoms with E-state index >= 15 is 0 Å². The SMILES string of the molecule is COc1cc2c(cc1C)CC(C(=O)N[C@@H](CO)C(=O)N[C@@H](CC(C)C)C(=O)[C@@]1(CO)CO1)CC2. The van der Waals surface area contributed by atoms with Gasteiger partial charge in [-0.25, -0.2) is 0 Å². The van der Waals surface area contributed by atoms with Crippen molar-refractivity contribution in [3.8, 4) is 5.75 Å². The Morgan fingerprint density at radius 1 is 1.18 bits per heavy atom. The minimum Gasteiger partial charge on any atom is -0.496 e. The zero-order valence-electron chi connectivity index (χ0n) is 20.3. The summed E-state index contributed by atoms with van der Waals surface area (Å²) in [4.78, 5) is 38.7. The van der Waals surface area contributed by atoms with Gasteiger partial charge in [0.05, 0.1) is 33.0 Å². The summed E-state index contributed by atoms with van der Waals surface area (Å²) in [7, 11) is 1.63. The maximum absolute atomic E-state index is 13.0. The van der Waals surface area contributed by atoms with Crippen molar-refractivity contribution in [2.75, 3.05) is 26.9 Å². The van der Waals surface area contributed by atoms with Gasteiger partial charge in [-0.05, 0) is 61.3 Å². The van der Waals surface area contributed by atoms with Gasteiger partial charge in [-0.15, -0.1) is 0 Å². The van der Waals surface area contributed by atoms with Crippen LogP contribution < -0.4 is 15.4 Å². The lowest BCUT2D eigenvalue weighted by Gasteiger charge is -2.28. The summed E-state index contributed by atoms with van der Waals surface area (Å²) in [6.45, 7) is 4.84. The first-order valence-electron chi connectivity index (χ1n) is 11.8. The Hall–Kier alpha value is -2.49. The first-order valence-corrected chi connectivity index (χ1v) is 11.8. The lowest BCUT2D eigenvalue weighted by atomic mass is 9.82. The number of nitrogens with one attached hydrogen (secondary N) is 2. The Balaban J connectivity index is 1.64. The third kappa shape index (κ3) is 5.76. The first-order chi connectivity index (χ1) is 16.1. The fourth-order valence-corrected chi connectivity index (χ4v) is 4.53. The number of hydrogen-bond acceptors (Lipinski definition) is 7. The smallest absolute Gasteiger partial charge is 0.245 e. The normalized spacial score (nSPS) is 23.0. The number of carbonyl (C=O) groups excluding carboxylic acids is 3. The summed E-state index contributed by atoms with van der Waals surface area (Å²) in [5.41, 5.74) is 1.96. The molecule has 1 aromatic rings. The van der Waals surface area contributed by atoms with Gasteiger partial charge in [0.25, 0.3) is 0 Å². The third-order valence-electron chi connectivity index (χ3n) is 6.67. The molecule has 0 aromatic heterocycles. The number of methoxy groups -OCH3 is 1. The Morgan fingerprint density at radius 3 is 2.44 bits per heavy atom. The van der Waals surface area contributed by atoms with Crippen molar-refractivity contribution in [3.05, 3.63) is 28.8 Å². The zero-order valence-corrected chi connectivity index (χ0v) is 20.3. The molecule has 4 atom stereocenters. The van der Waals surface area contributed by atoms with E-state index in [0.717, 1.165) is 22.4 Å². The molecule has 4 N–H and O–H groups in total. The van der Waals surface area contributed by atoms with Crippen molar-refractivity contribution in [1.29, 1.82) is 0 Å². The van der Waals surface area contributed by atoms with E-state index in [2.05, 4.69) is 10.6 Å². The molecule has 1 aliphatic heterocycles. The van der Waals surface area contributed by atoms with Crippen LogP contribution in [0.1, 0.15) is 43.4 Å². The van der Waals surface area contributed by atoms with Crippen molar-refractivity contribution in [2.45, 2.75) is 64.1 Å². The summed E-state index contributed by atoms with van der Waals surface area (Å²) >= 11 is 0. The van der Waals surface area contributed by atoms with E-state index in [9.17, 15) is 24.6 Å². The molecule has 188 valence electrons. The Labute approximate surface area is 200 Å². The van der Waals surface area contributed by atoms with E-state index in [0.29, 0.717) is 25.7 Å². The van der Waals surface area contributed by atoms with Gasteiger partial charge >= 0.3 is 0 Å². The zero-order chi connectivity index (χ0) is 25.0. The lowest BCUT2D eigenvalue weighted by Crippen LogP contribution is -2.56. The second-order valence-electron chi connectivity index (χ2n) is 9.77. The highest BCUT2D eigenvalue weighted by Gasteiger charge is 2.54. The standard InChI is InChI=1S/C25H36N2O7/c1-14(2)7-19(22(30)25(12-29)13-34-25)26-24(32)20(11-28)27-23(31)17-6-5-16-10-21(33-4)15(3)8-18(16)9-17/h8,10,14,17,19-20,28-29H,5-7,9,11-13H2,1-4H3,(H,26,32)(H,27,31)/t17?,19-,20-,25+/m0/s1. The number of amides is 2. The van der Waals surface area contributed by atoms with E-state index < -0.39 is 42.6 Å². The number of epoxide rings is 1. The van der Waals surface area contributed by atoms with E-state index in [1.54, 1.807) is 7.11 Å². The van der Waals surface area contributed by atoms with Gasteiger partial charge in [0.2, 0.25) is 11.8 Å². The van der Waals surface area contributed by atoms with Crippen LogP contribution in [0.3, 0.4) is 0 Å². The quantitative estimate of drug-likeness (QED) is 0.340. The number of aryl methyl sites for hydroxylation is 2. The molecule has 1 heterocycles. The summed E-state index contributed by atoms with van der Waals surface area (Å²) < 4.78 is 10.5. The molecular weight excluding hydrogens is 440 g/mol. The highest BCUT2D eigenvalue weighted by molar-refractivity contribution is 5.98. The van der Waals surface area contributed by atoms with Crippen LogP contribution >= 0.6 is 0 Å². The van der Waals surface area contributed by atoms with Crippen LogP contribution in [0.4, 0.5) is 0 Å². The highest BCUT2D eigenvalue weighted by atomic mass is 16.6. The van der Waals surface area contributed by atoms with Crippen LogP contribution in [0.5, 0.6) is 5.75 Å². The molecule has 0 radical (unpaired) electrons. The molecule has 1 saturated heterocycles. The number of aliphatic hydroxyl groups is 2. The van der Waals surface area contributed by atoms with Crippen LogP contribution in [-0.4, -0.2) is 72.4 Å². The Kier molecular flexibility index (Phi) is 8.33. The number of aliphatic hydroxyl groups excluding tert-OH is 2. The fourth-order valence-electron chi connectivity index (χ4n) is 4.53. The summed E-state index contributed by atoms with van der Waals surface area (Å²) in [5, 5.41) is 24.6. The van der Waals surface area contributed by atoms with Gasteiger partial charge in [0.1, 0.15) is 11.8 Å². The highest BCUT2D eigenvalue weighted by Crippen LogP contribution is 2.32. The minimum absolute atomic E-state index is 0.0929. The van der Waals surface area contributed by atoms with Gasteiger partial charge in [0, 0.05) is 5.92 Å². The summed E-state index contributed by atoms with van der Waals surface area (Å²) in [5.74, 6) is -0.751. The lowest BCUT2D eigenvalue weighted by molar-refractivity contribution is -0.135. The number of ketones is 1. The molecule has 1 aliphatic carbocycles. The van der Waals surface area contributed by atoms with Gasteiger partial charge in [-0.2, -0.15) is 0 Å². The molecule has 1 unspecified atom stereocenters. The number of hydrogen-bond donors (Lipinski definition) is 4. The average Bonchev–Trinajstić information content (AvgIpc) is 3.61. The van der Waals surface area contributed by atoms with E-state index in [1.807, 2.05) is 32.9 Å². The fraction of sp³-hybridized carbons (Fsp3) is 0.640. The maximum atomic E-state index is 13.0. The molecule has 9 nitrogen and oxygen atoms in total. The van der Waals surface area contributed by atoms with Crippen molar-refractivity contribution in [3.63, 3.8) is 0 Å². The molecule has 0 spiro atoms. The molecule has 9 heteroatoms. The van der Waals surface area contributed by atoms with E-state index in [4.69, 9.17) is 9.47 Å². The minimum atomic E-state index is -1.26. The predicted molar refractivity (Wildman–Crippen MR) is 124 cm³/mol. The molecule has 1 fully saturated rings. The van der Waals surface area contributed by atoms with Gasteiger partial charge < -0.3 is 30.3 Å². The van der Waals surface area contributed by atoms with Crippen LogP contribution in [0, 0.1) is 18.8 Å². The second kappa shape index (κ2) is 10.8. The van der Waals surface area contributed by atoms with Gasteiger partial charge in [-0.1, -0.05) is 19.9 Å². The first kappa shape index (κ1) is 26.1. The molecule has 3 rings (SSSR count). The predicted octanol–water partition coefficient (Wildman–Crippen LogP) is 0.447. The van der Waals surface area contributed by atoms with Crippen LogP contribution in [0.25, 0.3) is 0 Å². The number of Topliss-reactive ketones (excluding diaryl/α,β-unsaturated/α-hetero) is 1.